The van der Waals surface area contributed by atoms with Crippen molar-refractivity contribution >= 4 is 34.9 Å². The third kappa shape index (κ3) is 3.49. The number of hydrogen-bond donors (Lipinski definition) is 0. The molecule has 0 aliphatic rings. The van der Waals surface area contributed by atoms with Crippen molar-refractivity contribution in [3.05, 3.63) is 52.9 Å². The summed E-state index contributed by atoms with van der Waals surface area (Å²) in [5, 5.41) is 0.548. The Hall–Kier alpha value is -2.60. The number of methoxy groups -OCH3 is 1. The van der Waals surface area contributed by atoms with Crippen LogP contribution in [0.15, 0.2) is 40.8 Å². The van der Waals surface area contributed by atoms with Gasteiger partial charge in [-0.25, -0.2) is 4.98 Å². The van der Waals surface area contributed by atoms with Crippen LogP contribution >= 0.6 is 11.6 Å². The molecule has 4 nitrogen and oxygen atoms in total. The lowest BCUT2D eigenvalue weighted by Crippen LogP contribution is -2.04. The minimum Gasteiger partial charge on any atom is -0.493 e. The quantitative estimate of drug-likeness (QED) is 0.628. The zero-order valence-corrected chi connectivity index (χ0v) is 13.3. The Bertz CT molecular complexity index is 893. The van der Waals surface area contributed by atoms with E-state index < -0.39 is 6.61 Å². The molecule has 0 unspecified atom stereocenters. The number of ether oxygens (including phenoxy) is 2. The molecule has 0 aliphatic carbocycles. The molecule has 0 saturated heterocycles. The van der Waals surface area contributed by atoms with Crippen molar-refractivity contribution in [1.82, 2.24) is 4.98 Å². The average molecular weight is 352 g/mol. The first-order valence-corrected chi connectivity index (χ1v) is 7.30. The van der Waals surface area contributed by atoms with Gasteiger partial charge < -0.3 is 13.9 Å². The lowest BCUT2D eigenvalue weighted by Gasteiger charge is -2.12. The van der Waals surface area contributed by atoms with Gasteiger partial charge in [0.15, 0.2) is 17.1 Å². The van der Waals surface area contributed by atoms with Crippen LogP contribution in [0.2, 0.25) is 5.02 Å². The number of halogens is 3. The van der Waals surface area contributed by atoms with Gasteiger partial charge in [-0.15, -0.1) is 0 Å². The first-order valence-electron chi connectivity index (χ1n) is 6.93. The fourth-order valence-electron chi connectivity index (χ4n) is 2.19. The van der Waals surface area contributed by atoms with Crippen LogP contribution in [0, 0.1) is 0 Å². The van der Waals surface area contributed by atoms with Gasteiger partial charge in [-0.2, -0.15) is 8.78 Å². The Morgan fingerprint density at radius 3 is 2.79 bits per heavy atom. The number of oxazole rings is 1. The predicted octanol–water partition coefficient (Wildman–Crippen LogP) is 5.26. The second kappa shape index (κ2) is 6.88. The van der Waals surface area contributed by atoms with E-state index in [9.17, 15) is 8.78 Å². The van der Waals surface area contributed by atoms with Gasteiger partial charge in [0.05, 0.1) is 7.11 Å². The van der Waals surface area contributed by atoms with E-state index in [1.165, 1.54) is 13.2 Å². The minimum absolute atomic E-state index is 0.0506. The van der Waals surface area contributed by atoms with Crippen molar-refractivity contribution in [2.24, 2.45) is 0 Å². The van der Waals surface area contributed by atoms with E-state index in [1.54, 1.807) is 42.5 Å². The van der Waals surface area contributed by atoms with Gasteiger partial charge in [0.25, 0.3) is 0 Å². The molecule has 0 amide bonds. The van der Waals surface area contributed by atoms with Gasteiger partial charge in [-0.3, -0.25) is 0 Å². The second-order valence-electron chi connectivity index (χ2n) is 4.75. The summed E-state index contributed by atoms with van der Waals surface area (Å²) in [4.78, 5) is 4.26. The molecule has 0 saturated carbocycles. The topological polar surface area (TPSA) is 44.5 Å². The summed E-state index contributed by atoms with van der Waals surface area (Å²) in [5.41, 5.74) is 1.60. The monoisotopic (exact) mass is 351 g/mol. The fourth-order valence-corrected chi connectivity index (χ4v) is 2.36. The molecular weight excluding hydrogens is 340 g/mol. The number of fused-ring (bicyclic) bond motifs is 1. The molecule has 1 heterocycles. The van der Waals surface area contributed by atoms with E-state index >= 15 is 0 Å². The maximum atomic E-state index is 12.6. The van der Waals surface area contributed by atoms with Crippen molar-refractivity contribution in [3.63, 3.8) is 0 Å². The molecule has 0 radical (unpaired) electrons. The molecule has 24 heavy (non-hydrogen) atoms. The highest BCUT2D eigenvalue weighted by molar-refractivity contribution is 6.31. The molecule has 7 heteroatoms. The number of hydrogen-bond acceptors (Lipinski definition) is 4. The summed E-state index contributed by atoms with van der Waals surface area (Å²) in [6.07, 6.45) is 3.12. The highest BCUT2D eigenvalue weighted by atomic mass is 35.5. The van der Waals surface area contributed by atoms with E-state index in [0.29, 0.717) is 27.6 Å². The molecule has 0 bridgehead atoms. The van der Waals surface area contributed by atoms with Crippen LogP contribution in [0.3, 0.4) is 0 Å². The van der Waals surface area contributed by atoms with Crippen LogP contribution in [-0.2, 0) is 0 Å². The Balaban J connectivity index is 1.95. The Morgan fingerprint density at radius 1 is 1.21 bits per heavy atom. The summed E-state index contributed by atoms with van der Waals surface area (Å²) < 4.78 is 40.4. The maximum absolute atomic E-state index is 12.6. The number of nitrogens with zero attached hydrogens (tertiary/aromatic N) is 1. The van der Waals surface area contributed by atoms with Gasteiger partial charge in [0.1, 0.15) is 5.52 Å². The Morgan fingerprint density at radius 2 is 2.04 bits per heavy atom. The summed E-state index contributed by atoms with van der Waals surface area (Å²) in [6.45, 7) is -2.96. The van der Waals surface area contributed by atoms with E-state index in [2.05, 4.69) is 9.72 Å². The van der Waals surface area contributed by atoms with Crippen molar-refractivity contribution in [2.75, 3.05) is 7.11 Å². The van der Waals surface area contributed by atoms with Gasteiger partial charge in [0.2, 0.25) is 5.89 Å². The SMILES string of the molecule is COc1cccc(C=Cc2nc3cc(Cl)ccc3o2)c1OC(F)F. The second-order valence-corrected chi connectivity index (χ2v) is 5.19. The molecular formula is C17H12ClF2NO3. The number of benzene rings is 2. The third-order valence-corrected chi connectivity index (χ3v) is 3.44. The largest absolute Gasteiger partial charge is 0.493 e. The summed E-state index contributed by atoms with van der Waals surface area (Å²) in [6, 6.07) is 9.90. The molecule has 0 spiro atoms. The first kappa shape index (κ1) is 16.3. The standard InChI is InChI=1S/C17H12ClF2NO3/c1-22-14-4-2-3-10(16(14)24-17(19)20)5-8-15-21-12-9-11(18)6-7-13(12)23-15/h2-9,17H,1H3. The van der Waals surface area contributed by atoms with E-state index in [4.69, 9.17) is 20.8 Å². The third-order valence-electron chi connectivity index (χ3n) is 3.21. The Kier molecular flexibility index (Phi) is 4.66. The van der Waals surface area contributed by atoms with Crippen LogP contribution in [0.4, 0.5) is 8.78 Å². The van der Waals surface area contributed by atoms with Crippen LogP contribution < -0.4 is 9.47 Å². The molecule has 3 rings (SSSR count). The van der Waals surface area contributed by atoms with Gasteiger partial charge in [0, 0.05) is 16.7 Å². The normalized spacial score (nSPS) is 11.5. The smallest absolute Gasteiger partial charge is 0.387 e. The number of aromatic nitrogens is 1. The number of alkyl halides is 2. The molecule has 0 N–H and O–H groups in total. The van der Waals surface area contributed by atoms with E-state index in [1.807, 2.05) is 0 Å². The van der Waals surface area contributed by atoms with Crippen molar-refractivity contribution in [3.8, 4) is 11.5 Å². The lowest BCUT2D eigenvalue weighted by molar-refractivity contribution is -0.0513. The molecule has 0 aliphatic heterocycles. The molecule has 3 aromatic rings. The predicted molar refractivity (Wildman–Crippen MR) is 87.6 cm³/mol. The van der Waals surface area contributed by atoms with Gasteiger partial charge in [-0.1, -0.05) is 23.7 Å². The molecule has 0 fully saturated rings. The summed E-state index contributed by atoms with van der Waals surface area (Å²) in [5.74, 6) is 0.477. The van der Waals surface area contributed by atoms with Crippen LogP contribution in [0.1, 0.15) is 11.5 Å². The average Bonchev–Trinajstić information content (AvgIpc) is 2.95. The molecule has 1 aromatic heterocycles. The van der Waals surface area contributed by atoms with Crippen molar-refractivity contribution < 1.29 is 22.7 Å². The number of para-hydroxylation sites is 1. The Labute approximate surface area is 141 Å². The summed E-state index contributed by atoms with van der Waals surface area (Å²) in [7, 11) is 1.38. The highest BCUT2D eigenvalue weighted by Crippen LogP contribution is 2.33. The fraction of sp³-hybridized carbons (Fsp3) is 0.118. The summed E-state index contributed by atoms with van der Waals surface area (Å²) >= 11 is 5.90. The van der Waals surface area contributed by atoms with Crippen molar-refractivity contribution in [2.45, 2.75) is 6.61 Å². The molecule has 124 valence electrons. The van der Waals surface area contributed by atoms with E-state index in [-0.39, 0.29) is 11.5 Å². The lowest BCUT2D eigenvalue weighted by atomic mass is 10.1. The molecule has 2 aromatic carbocycles. The van der Waals surface area contributed by atoms with Crippen LogP contribution in [-0.4, -0.2) is 18.7 Å². The number of rotatable bonds is 5. The first-order chi connectivity index (χ1) is 11.6. The highest BCUT2D eigenvalue weighted by Gasteiger charge is 2.14. The van der Waals surface area contributed by atoms with Gasteiger partial charge in [-0.05, 0) is 30.3 Å². The van der Waals surface area contributed by atoms with Crippen molar-refractivity contribution in [1.29, 1.82) is 0 Å². The zero-order valence-electron chi connectivity index (χ0n) is 12.5. The minimum atomic E-state index is -2.96. The van der Waals surface area contributed by atoms with Crippen LogP contribution in [0.5, 0.6) is 11.5 Å². The maximum Gasteiger partial charge on any atom is 0.387 e. The zero-order chi connectivity index (χ0) is 17.1. The van der Waals surface area contributed by atoms with Crippen LogP contribution in [0.25, 0.3) is 23.3 Å². The molecule has 0 atom stereocenters. The van der Waals surface area contributed by atoms with E-state index in [0.717, 1.165) is 0 Å². The van der Waals surface area contributed by atoms with Gasteiger partial charge >= 0.3 is 6.61 Å².